The number of nitrogens with zero attached hydrogens (tertiary/aromatic N) is 3. The number of anilines is 2. The van der Waals surface area contributed by atoms with Gasteiger partial charge in [-0.3, -0.25) is 9.78 Å². The first-order chi connectivity index (χ1) is 17.1. The summed E-state index contributed by atoms with van der Waals surface area (Å²) in [6, 6.07) is 14.3. The van der Waals surface area contributed by atoms with E-state index in [1.807, 2.05) is 41.1 Å². The van der Waals surface area contributed by atoms with Gasteiger partial charge in [0.05, 0.1) is 11.9 Å². The molecule has 0 atom stereocenters. The first kappa shape index (κ1) is 23.8. The Hall–Kier alpha value is -4.31. The van der Waals surface area contributed by atoms with Crippen molar-refractivity contribution in [3.8, 4) is 11.3 Å². The summed E-state index contributed by atoms with van der Waals surface area (Å²) < 4.78 is 11.7. The summed E-state index contributed by atoms with van der Waals surface area (Å²) >= 11 is 1.42. The number of hydrogen-bond acceptors (Lipinski definition) is 9. The molecule has 0 amide bonds. The molecule has 3 aromatic heterocycles. The van der Waals surface area contributed by atoms with Crippen LogP contribution in [-0.2, 0) is 27.4 Å². The van der Waals surface area contributed by atoms with Crippen molar-refractivity contribution in [3.63, 3.8) is 0 Å². The fourth-order valence-electron chi connectivity index (χ4n) is 3.26. The van der Waals surface area contributed by atoms with Crippen LogP contribution in [0.1, 0.15) is 22.8 Å². The molecule has 0 unspecified atom stereocenters. The number of benzene rings is 1. The Balaban J connectivity index is 1.63. The molecule has 0 aliphatic heterocycles. The maximum absolute atomic E-state index is 13.2. The van der Waals surface area contributed by atoms with E-state index in [0.29, 0.717) is 17.8 Å². The van der Waals surface area contributed by atoms with Crippen LogP contribution in [0.5, 0.6) is 0 Å². The standard InChI is InChI=1S/C25H22N4O5S/c1-2-29-24(31)23(27-19-9-6-11-26-13-19)21(22(28-29)18-10-12-35-16-18)25(32)34-15-20(30)33-14-17-7-4-3-5-8-17/h3-13,16,27H,2,14-15H2,1H3. The number of aryl methyl sites for hydroxylation is 1. The Bertz CT molecular complexity index is 1360. The number of carbonyl (C=O) groups is 2. The average molecular weight is 491 g/mol. The number of aromatic nitrogens is 3. The first-order valence-electron chi connectivity index (χ1n) is 10.8. The van der Waals surface area contributed by atoms with Crippen LogP contribution >= 0.6 is 11.3 Å². The van der Waals surface area contributed by atoms with Gasteiger partial charge in [0.2, 0.25) is 0 Å². The Morgan fingerprint density at radius 3 is 2.60 bits per heavy atom. The molecule has 9 nitrogen and oxygen atoms in total. The zero-order valence-corrected chi connectivity index (χ0v) is 19.7. The van der Waals surface area contributed by atoms with Crippen molar-refractivity contribution in [2.75, 3.05) is 11.9 Å². The van der Waals surface area contributed by atoms with Crippen LogP contribution in [0.4, 0.5) is 11.4 Å². The van der Waals surface area contributed by atoms with Crippen molar-refractivity contribution < 1.29 is 19.1 Å². The van der Waals surface area contributed by atoms with Crippen LogP contribution in [0.25, 0.3) is 11.3 Å². The lowest BCUT2D eigenvalue weighted by Crippen LogP contribution is -2.29. The number of carbonyl (C=O) groups excluding carboxylic acids is 2. The van der Waals surface area contributed by atoms with E-state index in [0.717, 1.165) is 5.56 Å². The predicted octanol–water partition coefficient (Wildman–Crippen LogP) is 4.03. The number of esters is 2. The summed E-state index contributed by atoms with van der Waals surface area (Å²) in [4.78, 5) is 42.6. The maximum Gasteiger partial charge on any atom is 0.344 e. The molecule has 1 aromatic carbocycles. The number of pyridine rings is 1. The van der Waals surface area contributed by atoms with Gasteiger partial charge in [0.1, 0.15) is 23.6 Å². The smallest absolute Gasteiger partial charge is 0.344 e. The molecule has 35 heavy (non-hydrogen) atoms. The van der Waals surface area contributed by atoms with Gasteiger partial charge in [-0.15, -0.1) is 0 Å². The highest BCUT2D eigenvalue weighted by Crippen LogP contribution is 2.29. The number of rotatable bonds is 9. The van der Waals surface area contributed by atoms with Gasteiger partial charge in [-0.2, -0.15) is 16.4 Å². The second kappa shape index (κ2) is 11.2. The minimum Gasteiger partial charge on any atom is -0.458 e. The van der Waals surface area contributed by atoms with Crippen molar-refractivity contribution in [3.05, 3.63) is 93.2 Å². The molecule has 0 bridgehead atoms. The Morgan fingerprint density at radius 2 is 1.91 bits per heavy atom. The van der Waals surface area contributed by atoms with Gasteiger partial charge in [0.25, 0.3) is 5.56 Å². The zero-order valence-electron chi connectivity index (χ0n) is 18.8. The van der Waals surface area contributed by atoms with E-state index >= 15 is 0 Å². The average Bonchev–Trinajstić information content (AvgIpc) is 3.43. The van der Waals surface area contributed by atoms with E-state index in [9.17, 15) is 14.4 Å². The van der Waals surface area contributed by atoms with Gasteiger partial charge < -0.3 is 14.8 Å². The Labute approximate surface area is 205 Å². The van der Waals surface area contributed by atoms with Crippen LogP contribution in [0.15, 0.2) is 76.5 Å². The van der Waals surface area contributed by atoms with Gasteiger partial charge >= 0.3 is 11.9 Å². The van der Waals surface area contributed by atoms with E-state index in [2.05, 4.69) is 15.4 Å². The summed E-state index contributed by atoms with van der Waals surface area (Å²) in [7, 11) is 0. The van der Waals surface area contributed by atoms with Gasteiger partial charge in [0.15, 0.2) is 6.61 Å². The summed E-state index contributed by atoms with van der Waals surface area (Å²) in [5.74, 6) is -1.59. The summed E-state index contributed by atoms with van der Waals surface area (Å²) in [6.07, 6.45) is 3.12. The second-order valence-corrected chi connectivity index (χ2v) is 8.10. The highest BCUT2D eigenvalue weighted by Gasteiger charge is 2.26. The van der Waals surface area contributed by atoms with Crippen molar-refractivity contribution in [2.24, 2.45) is 0 Å². The van der Waals surface area contributed by atoms with Crippen LogP contribution in [0.2, 0.25) is 0 Å². The third-order valence-corrected chi connectivity index (χ3v) is 5.63. The molecular weight excluding hydrogens is 468 g/mol. The van der Waals surface area contributed by atoms with Crippen LogP contribution in [-0.4, -0.2) is 33.3 Å². The molecule has 0 aliphatic carbocycles. The van der Waals surface area contributed by atoms with Crippen molar-refractivity contribution in [1.29, 1.82) is 0 Å². The second-order valence-electron chi connectivity index (χ2n) is 7.32. The molecule has 0 saturated carbocycles. The largest absolute Gasteiger partial charge is 0.458 e. The number of thiophene rings is 1. The third kappa shape index (κ3) is 5.79. The molecule has 10 heteroatoms. The van der Waals surface area contributed by atoms with Gasteiger partial charge in [-0.05, 0) is 36.1 Å². The number of nitrogens with one attached hydrogen (secondary N) is 1. The fourth-order valence-corrected chi connectivity index (χ4v) is 3.90. The third-order valence-electron chi connectivity index (χ3n) is 4.95. The van der Waals surface area contributed by atoms with E-state index in [4.69, 9.17) is 9.47 Å². The Morgan fingerprint density at radius 1 is 1.09 bits per heavy atom. The summed E-state index contributed by atoms with van der Waals surface area (Å²) in [5.41, 5.74) is 1.63. The van der Waals surface area contributed by atoms with E-state index in [1.54, 1.807) is 31.3 Å². The first-order valence-corrected chi connectivity index (χ1v) is 11.7. The maximum atomic E-state index is 13.2. The molecule has 1 N–H and O–H groups in total. The van der Waals surface area contributed by atoms with Gasteiger partial charge in [0, 0.05) is 23.7 Å². The lowest BCUT2D eigenvalue weighted by atomic mass is 10.1. The monoisotopic (exact) mass is 490 g/mol. The lowest BCUT2D eigenvalue weighted by molar-refractivity contribution is -0.148. The molecule has 4 rings (SSSR count). The topological polar surface area (TPSA) is 112 Å². The van der Waals surface area contributed by atoms with Crippen LogP contribution < -0.4 is 10.9 Å². The molecule has 0 spiro atoms. The zero-order chi connectivity index (χ0) is 24.6. The van der Waals surface area contributed by atoms with Crippen molar-refractivity contribution >= 4 is 34.7 Å². The van der Waals surface area contributed by atoms with Gasteiger partial charge in [-0.1, -0.05) is 30.3 Å². The van der Waals surface area contributed by atoms with E-state index in [-0.39, 0.29) is 23.6 Å². The molecule has 178 valence electrons. The van der Waals surface area contributed by atoms with Gasteiger partial charge in [-0.25, -0.2) is 14.3 Å². The summed E-state index contributed by atoms with van der Waals surface area (Å²) in [5, 5.41) is 11.0. The van der Waals surface area contributed by atoms with E-state index in [1.165, 1.54) is 22.2 Å². The van der Waals surface area contributed by atoms with Crippen LogP contribution in [0, 0.1) is 0 Å². The molecule has 0 saturated heterocycles. The molecule has 0 aliphatic rings. The quantitative estimate of drug-likeness (QED) is 0.350. The highest BCUT2D eigenvalue weighted by atomic mass is 32.1. The van der Waals surface area contributed by atoms with Crippen molar-refractivity contribution in [1.82, 2.24) is 14.8 Å². The minimum atomic E-state index is -0.873. The highest BCUT2D eigenvalue weighted by molar-refractivity contribution is 7.08. The fraction of sp³-hybridized carbons (Fsp3) is 0.160. The normalized spacial score (nSPS) is 10.5. The SMILES string of the molecule is CCn1nc(-c2ccsc2)c(C(=O)OCC(=O)OCc2ccccc2)c(Nc2cccnc2)c1=O. The molecule has 3 heterocycles. The molecule has 0 radical (unpaired) electrons. The minimum absolute atomic E-state index is 0.0151. The lowest BCUT2D eigenvalue weighted by Gasteiger charge is -2.16. The molecular formula is C25H22N4O5S. The molecule has 0 fully saturated rings. The van der Waals surface area contributed by atoms with Crippen LogP contribution in [0.3, 0.4) is 0 Å². The van der Waals surface area contributed by atoms with Crippen molar-refractivity contribution in [2.45, 2.75) is 20.1 Å². The number of ether oxygens (including phenoxy) is 2. The number of hydrogen-bond donors (Lipinski definition) is 1. The Kier molecular flexibility index (Phi) is 7.63. The molecule has 4 aromatic rings. The summed E-state index contributed by atoms with van der Waals surface area (Å²) in [6.45, 7) is 1.51. The van der Waals surface area contributed by atoms with E-state index < -0.39 is 24.1 Å². The predicted molar refractivity (Wildman–Crippen MR) is 132 cm³/mol.